The lowest BCUT2D eigenvalue weighted by atomic mass is 9.98. The summed E-state index contributed by atoms with van der Waals surface area (Å²) in [5.74, 6) is 0.756. The molecule has 0 saturated carbocycles. The van der Waals surface area contributed by atoms with E-state index in [4.69, 9.17) is 27.9 Å². The Labute approximate surface area is 190 Å². The maximum Gasteiger partial charge on any atom is 0.224 e. The smallest absolute Gasteiger partial charge is 0.224 e. The van der Waals surface area contributed by atoms with Gasteiger partial charge in [0.05, 0.1) is 10.0 Å². The predicted molar refractivity (Wildman–Crippen MR) is 117 cm³/mol. The summed E-state index contributed by atoms with van der Waals surface area (Å²) in [6.45, 7) is 5.08. The van der Waals surface area contributed by atoms with Crippen LogP contribution in [-0.2, 0) is 16.1 Å². The van der Waals surface area contributed by atoms with Crippen molar-refractivity contribution in [3.05, 3.63) is 28.2 Å². The molecular formula is C20H28Cl2N3O4S-. The molecule has 1 N–H and O–H groups in total. The maximum absolute atomic E-state index is 12.4. The highest BCUT2D eigenvalue weighted by atomic mass is 35.5. The van der Waals surface area contributed by atoms with Crippen LogP contribution in [0.5, 0.6) is 5.75 Å². The number of nitrogens with one attached hydrogen (secondary N) is 1. The van der Waals surface area contributed by atoms with Gasteiger partial charge >= 0.3 is 0 Å². The highest BCUT2D eigenvalue weighted by molar-refractivity contribution is 7.77. The molecule has 2 aliphatic heterocycles. The number of hydrogen-bond donors (Lipinski definition) is 1. The lowest BCUT2D eigenvalue weighted by Crippen LogP contribution is -2.50. The maximum atomic E-state index is 12.4. The third kappa shape index (κ3) is 6.80. The van der Waals surface area contributed by atoms with Crippen molar-refractivity contribution >= 4 is 40.4 Å². The van der Waals surface area contributed by atoms with E-state index < -0.39 is 11.3 Å². The molecule has 30 heavy (non-hydrogen) atoms. The quantitative estimate of drug-likeness (QED) is 0.611. The van der Waals surface area contributed by atoms with Crippen molar-refractivity contribution in [2.24, 2.45) is 0 Å². The van der Waals surface area contributed by atoms with Crippen LogP contribution in [-0.4, -0.2) is 68.8 Å². The molecule has 0 radical (unpaired) electrons. The number of carbonyl (C=O) groups excluding carboxylic acids is 1. The van der Waals surface area contributed by atoms with Crippen molar-refractivity contribution in [1.82, 2.24) is 14.5 Å². The molecule has 2 atom stereocenters. The molecule has 168 valence electrons. The first kappa shape index (κ1) is 23.8. The second-order valence-corrected chi connectivity index (χ2v) is 9.52. The molecule has 2 fully saturated rings. The number of amides is 1. The summed E-state index contributed by atoms with van der Waals surface area (Å²) < 4.78 is 29.8. The minimum Gasteiger partial charge on any atom is -0.760 e. The number of likely N-dealkylation sites (tertiary alicyclic amines) is 2. The lowest BCUT2D eigenvalue weighted by Gasteiger charge is -2.42. The largest absolute Gasteiger partial charge is 0.760 e. The molecule has 7 nitrogen and oxygen atoms in total. The Balaban J connectivity index is 1.39. The van der Waals surface area contributed by atoms with Crippen LogP contribution in [0.4, 0.5) is 0 Å². The number of ether oxygens (including phenoxy) is 1. The molecule has 1 aromatic carbocycles. The van der Waals surface area contributed by atoms with Crippen LogP contribution in [0.15, 0.2) is 18.2 Å². The molecule has 0 spiro atoms. The molecular weight excluding hydrogens is 449 g/mol. The van der Waals surface area contributed by atoms with Crippen molar-refractivity contribution in [3.8, 4) is 5.75 Å². The molecule has 3 rings (SSSR count). The van der Waals surface area contributed by atoms with Gasteiger partial charge in [-0.3, -0.25) is 13.9 Å². The molecule has 0 bridgehead atoms. The number of benzene rings is 1. The SMILES string of the molecule is CC(CC(=O)N1CCC(N2CCC(Oc3ccc(Cl)c(Cl)c3)CC2)CC1)NS(=O)[O-]. The average molecular weight is 477 g/mol. The Morgan fingerprint density at radius 1 is 1.20 bits per heavy atom. The van der Waals surface area contributed by atoms with Gasteiger partial charge in [-0.25, -0.2) is 4.72 Å². The molecule has 2 saturated heterocycles. The van der Waals surface area contributed by atoms with Crippen LogP contribution >= 0.6 is 23.2 Å². The Morgan fingerprint density at radius 3 is 2.47 bits per heavy atom. The summed E-state index contributed by atoms with van der Waals surface area (Å²) in [5, 5.41) is 1.02. The summed E-state index contributed by atoms with van der Waals surface area (Å²) in [6.07, 6.45) is 4.15. The summed E-state index contributed by atoms with van der Waals surface area (Å²) in [5.41, 5.74) is 0. The zero-order valence-electron chi connectivity index (χ0n) is 17.0. The van der Waals surface area contributed by atoms with Crippen LogP contribution < -0.4 is 9.46 Å². The minimum atomic E-state index is -2.34. The first-order chi connectivity index (χ1) is 14.3. The second kappa shape index (κ2) is 11.1. The van der Waals surface area contributed by atoms with E-state index in [1.807, 2.05) is 11.0 Å². The van der Waals surface area contributed by atoms with Crippen LogP contribution in [0, 0.1) is 0 Å². The van der Waals surface area contributed by atoms with E-state index in [2.05, 4.69) is 9.62 Å². The minimum absolute atomic E-state index is 0.00707. The molecule has 2 unspecified atom stereocenters. The average Bonchev–Trinajstić information content (AvgIpc) is 2.71. The fraction of sp³-hybridized carbons (Fsp3) is 0.650. The Bertz CT molecular complexity index is 754. The first-order valence-corrected chi connectivity index (χ1v) is 12.1. The fourth-order valence-corrected chi connectivity index (χ4v) is 4.88. The number of hydrogen-bond acceptors (Lipinski definition) is 5. The van der Waals surface area contributed by atoms with E-state index in [1.54, 1.807) is 19.1 Å². The van der Waals surface area contributed by atoms with Gasteiger partial charge < -0.3 is 14.2 Å². The predicted octanol–water partition coefficient (Wildman–Crippen LogP) is 2.99. The van der Waals surface area contributed by atoms with E-state index in [9.17, 15) is 13.6 Å². The van der Waals surface area contributed by atoms with Crippen molar-refractivity contribution in [1.29, 1.82) is 0 Å². The topological polar surface area (TPSA) is 84.9 Å². The van der Waals surface area contributed by atoms with Crippen LogP contribution in [0.25, 0.3) is 0 Å². The van der Waals surface area contributed by atoms with Crippen molar-refractivity contribution in [2.45, 2.75) is 57.2 Å². The van der Waals surface area contributed by atoms with E-state index in [-0.39, 0.29) is 24.5 Å². The zero-order valence-corrected chi connectivity index (χ0v) is 19.3. The summed E-state index contributed by atoms with van der Waals surface area (Å²) in [4.78, 5) is 16.7. The number of nitrogens with zero attached hydrogens (tertiary/aromatic N) is 2. The van der Waals surface area contributed by atoms with Gasteiger partial charge in [-0.1, -0.05) is 23.2 Å². The van der Waals surface area contributed by atoms with Crippen molar-refractivity contribution in [2.75, 3.05) is 26.2 Å². The van der Waals surface area contributed by atoms with Gasteiger partial charge in [0.1, 0.15) is 11.9 Å². The molecule has 0 aliphatic carbocycles. The van der Waals surface area contributed by atoms with E-state index in [1.165, 1.54) is 0 Å². The van der Waals surface area contributed by atoms with Crippen LogP contribution in [0.3, 0.4) is 0 Å². The van der Waals surface area contributed by atoms with Gasteiger partial charge in [-0.05, 0) is 44.7 Å². The van der Waals surface area contributed by atoms with E-state index in [0.717, 1.165) is 57.6 Å². The van der Waals surface area contributed by atoms with Crippen LogP contribution in [0.1, 0.15) is 39.0 Å². The fourth-order valence-electron chi connectivity index (χ4n) is 4.18. The molecule has 1 aromatic rings. The van der Waals surface area contributed by atoms with Gasteiger partial charge in [-0.2, -0.15) is 0 Å². The first-order valence-electron chi connectivity index (χ1n) is 10.3. The molecule has 10 heteroatoms. The monoisotopic (exact) mass is 476 g/mol. The molecule has 0 aromatic heterocycles. The lowest BCUT2D eigenvalue weighted by molar-refractivity contribution is -0.133. The van der Waals surface area contributed by atoms with Gasteiger partial charge in [-0.15, -0.1) is 0 Å². The van der Waals surface area contributed by atoms with Gasteiger partial charge in [0.15, 0.2) is 0 Å². The third-order valence-electron chi connectivity index (χ3n) is 5.78. The van der Waals surface area contributed by atoms with Gasteiger partial charge in [0.2, 0.25) is 5.91 Å². The van der Waals surface area contributed by atoms with Crippen LogP contribution in [0.2, 0.25) is 10.0 Å². The second-order valence-electron chi connectivity index (χ2n) is 8.00. The molecule has 1 amide bonds. The van der Waals surface area contributed by atoms with E-state index in [0.29, 0.717) is 16.1 Å². The molecule has 2 aliphatic rings. The summed E-state index contributed by atoms with van der Waals surface area (Å²) >= 11 is 9.67. The van der Waals surface area contributed by atoms with E-state index >= 15 is 0 Å². The van der Waals surface area contributed by atoms with Crippen molar-refractivity contribution < 1.29 is 18.3 Å². The Hall–Kier alpha value is -0.900. The Kier molecular flexibility index (Phi) is 8.80. The normalized spacial score (nSPS) is 21.4. The third-order valence-corrected chi connectivity index (χ3v) is 7.12. The number of carbonyl (C=O) groups is 1. The van der Waals surface area contributed by atoms with Gasteiger partial charge in [0.25, 0.3) is 0 Å². The van der Waals surface area contributed by atoms with Gasteiger partial charge in [0, 0.05) is 62.0 Å². The number of piperidine rings is 2. The highest BCUT2D eigenvalue weighted by Crippen LogP contribution is 2.29. The standard InChI is InChI=1S/C20H29Cl2N3O4S/c1-14(23-30(27)28)12-20(26)25-8-4-15(5-9-25)24-10-6-16(7-11-24)29-17-2-3-18(21)19(22)13-17/h2-3,13-16,23H,4-12H2,1H3,(H,27,28)/p-1. The molecule has 2 heterocycles. The highest BCUT2D eigenvalue weighted by Gasteiger charge is 2.30. The summed E-state index contributed by atoms with van der Waals surface area (Å²) in [7, 11) is 0. The number of halogens is 2. The van der Waals surface area contributed by atoms with Crippen molar-refractivity contribution in [3.63, 3.8) is 0 Å². The Morgan fingerprint density at radius 2 is 1.87 bits per heavy atom. The number of rotatable bonds is 7. The summed E-state index contributed by atoms with van der Waals surface area (Å²) in [6, 6.07) is 5.44. The zero-order chi connectivity index (χ0) is 21.7.